The van der Waals surface area contributed by atoms with E-state index in [-0.39, 0.29) is 65.8 Å². The van der Waals surface area contributed by atoms with Gasteiger partial charge in [-0.3, -0.25) is 76.7 Å². The molecule has 1 aromatic heterocycles. The average Bonchev–Trinajstić information content (AvgIpc) is 1.68. The summed E-state index contributed by atoms with van der Waals surface area (Å²) in [6.07, 6.45) is -2.28. The molecular weight excluding hydrogens is 1560 g/mol. The van der Waals surface area contributed by atoms with E-state index >= 15 is 9.59 Å². The first-order chi connectivity index (χ1) is 56.2. The van der Waals surface area contributed by atoms with Gasteiger partial charge in [-0.2, -0.15) is 0 Å². The number of benzene rings is 3. The zero-order valence-corrected chi connectivity index (χ0v) is 66.8. The van der Waals surface area contributed by atoms with Crippen LogP contribution in [-0.2, 0) is 102 Å². The molecule has 1 heterocycles. The summed E-state index contributed by atoms with van der Waals surface area (Å²) in [5.41, 5.74) is 17.3. The Morgan fingerprint density at radius 1 is 0.471 bits per heavy atom. The molecule has 15 atom stereocenters. The van der Waals surface area contributed by atoms with Crippen molar-refractivity contribution in [1.82, 2.24) is 79.1 Å². The van der Waals surface area contributed by atoms with Crippen LogP contribution in [0.2, 0.25) is 0 Å². The number of nitrogens with two attached hydrogens (primary N) is 3. The van der Waals surface area contributed by atoms with Gasteiger partial charge < -0.3 is 117 Å². The summed E-state index contributed by atoms with van der Waals surface area (Å²) < 4.78 is 28.7. The summed E-state index contributed by atoms with van der Waals surface area (Å²) in [7, 11) is 0. The minimum atomic E-state index is -1.89. The number of carbonyl (C=O) groups is 16. The number of primary amides is 2. The number of hydrogen-bond acceptors (Lipinski definition) is 22. The number of hydrogen-bond donors (Lipinski definition) is 22. The quantitative estimate of drug-likeness (QED) is 0.0186. The van der Waals surface area contributed by atoms with Crippen LogP contribution in [-0.4, -0.2) is 234 Å². The number of carbonyl (C=O) groups excluding carboxylic acids is 15. The minimum absolute atomic E-state index is 0.0612. The van der Waals surface area contributed by atoms with Crippen molar-refractivity contribution in [2.75, 3.05) is 13.2 Å². The lowest BCUT2D eigenvalue weighted by Crippen LogP contribution is -2.62. The summed E-state index contributed by atoms with van der Waals surface area (Å²) in [6, 6.07) is -7.15. The van der Waals surface area contributed by atoms with Gasteiger partial charge >= 0.3 is 5.97 Å². The minimum Gasteiger partial charge on any atom is -0.508 e. The molecule has 15 amide bonds. The third kappa shape index (κ3) is 33.8. The van der Waals surface area contributed by atoms with Crippen LogP contribution in [0.3, 0.4) is 0 Å². The second kappa shape index (κ2) is 48.6. The van der Waals surface area contributed by atoms with E-state index in [1.807, 2.05) is 0 Å². The smallest absolute Gasteiger partial charge is 0.303 e. The fourth-order valence-electron chi connectivity index (χ4n) is 12.5. The van der Waals surface area contributed by atoms with Crippen LogP contribution in [0.5, 0.6) is 5.75 Å². The van der Waals surface area contributed by atoms with E-state index in [1.54, 1.807) is 13.8 Å². The zero-order valence-electron chi connectivity index (χ0n) is 66.8. The number of rotatable bonds is 51. The Labute approximate surface area is 684 Å². The Morgan fingerprint density at radius 3 is 1.28 bits per heavy atom. The second-order valence-corrected chi connectivity index (χ2v) is 29.8. The number of phenols is 1. The molecule has 1 fully saturated rings. The number of carboxylic acid groups (broad SMARTS) is 1. The highest BCUT2D eigenvalue weighted by Crippen LogP contribution is 2.31. The van der Waals surface area contributed by atoms with E-state index in [0.717, 1.165) is 58.4 Å². The third-order valence-corrected chi connectivity index (χ3v) is 19.3. The Hall–Kier alpha value is -12.1. The summed E-state index contributed by atoms with van der Waals surface area (Å²) >= 11 is 0. The topological polar surface area (TPSA) is 637 Å². The van der Waals surface area contributed by atoms with Crippen LogP contribution in [0, 0.1) is 23.5 Å². The van der Waals surface area contributed by atoms with E-state index in [4.69, 9.17) is 17.2 Å². The van der Waals surface area contributed by atoms with E-state index in [2.05, 4.69) is 79.1 Å². The van der Waals surface area contributed by atoms with Gasteiger partial charge in [-0.1, -0.05) is 69.5 Å². The molecule has 41 heteroatoms. The van der Waals surface area contributed by atoms with Gasteiger partial charge in [-0.25, -0.2) is 13.8 Å². The maximum absolute atomic E-state index is 15.1. The van der Waals surface area contributed by atoms with E-state index in [0.29, 0.717) is 25.7 Å². The molecule has 0 bridgehead atoms. The lowest BCUT2D eigenvalue weighted by atomic mass is 9.80. The Balaban J connectivity index is 1.43. The van der Waals surface area contributed by atoms with Gasteiger partial charge in [0.1, 0.15) is 95.9 Å². The number of phenolic OH excluding ortho intramolecular Hbond substituents is 1. The Bertz CT molecular complexity index is 4120. The second-order valence-electron chi connectivity index (χ2n) is 29.8. The molecule has 652 valence electrons. The molecule has 4 aromatic rings. The van der Waals surface area contributed by atoms with Crippen molar-refractivity contribution in [2.24, 2.45) is 29.0 Å². The molecule has 1 aliphatic carbocycles. The molecule has 3 aromatic carbocycles. The highest BCUT2D eigenvalue weighted by molar-refractivity contribution is 6.00. The SMILES string of the molecule is CC(=O)N[C@@H](CC(C)C)C(=O)N[C@H](C(=O)N[C@@H](Cc1ccc(F)cc1)C(=O)N[C@@H](CCC(=O)O)C(=O)N[C@@H](Cc1c[nH]cn1)C(=O)N[C@@H](Cc1ccc(O)cc1)C(=O)N[C@@H](Cc1ccc(F)cc1)C(=O)N[C@@H](C)C(=O)N[C@@H](CCC(N)=O)C(=O)N[C@@H](CC1CCC1)C(=O)N[C@H](C(=O)N[C@@H](CO)C(=O)N[C@@H](CCCCN)C(N)=O)[C@@H](C)O)[C@@H](C)O. The molecule has 119 heavy (non-hydrogen) atoms. The van der Waals surface area contributed by atoms with Gasteiger partial charge in [0, 0.05) is 51.6 Å². The first-order valence-corrected chi connectivity index (χ1v) is 38.9. The summed E-state index contributed by atoms with van der Waals surface area (Å²) in [5.74, 6) is -19.2. The standard InChI is InChI=1S/C78H110F2N18O21/c1-39(2)30-55(87-43(6)102)74(115)97-64(41(4)100)77(118)95-58(33-46-15-21-49(80)22-16-46)71(112)90-54(26-28-63(105)106)69(110)94-60(35-50-36-84-38-85-50)73(114)93-57(34-47-17-23-51(103)24-18-47)72(113)92-56(32-45-13-19-48(79)20-14-45)70(111)86-40(3)67(108)89-53(25-27-62(82)104)68(109)91-59(31-44-10-9-11-44)75(116)98-65(42(5)101)78(119)96-61(37-99)76(117)88-52(66(83)107)12-7-8-29-81/h13-24,36,38-42,44,52-61,64-65,99-101,103H,7-12,25-35,37,81H2,1-6H3,(H2,82,104)(H2,83,107)(H,84,85)(H,86,111)(H,87,102)(H,88,117)(H,89,108)(H,90,112)(H,91,109)(H,92,113)(H,93,114)(H,94,110)(H,95,118)(H,96,119)(H,97,115)(H,98,116)(H,105,106)/t40-,41+,42+,52-,53-,54-,55-,56-,57-,58-,59-,60-,61-,64-,65-/m0/s1. The number of aliphatic carboxylic acids is 1. The van der Waals surface area contributed by atoms with Crippen LogP contribution < -0.4 is 86.3 Å². The molecule has 0 saturated heterocycles. The number of nitrogens with zero attached hydrogens (tertiary/aromatic N) is 1. The molecule has 0 radical (unpaired) electrons. The van der Waals surface area contributed by atoms with Crippen molar-refractivity contribution in [3.05, 3.63) is 119 Å². The Morgan fingerprint density at radius 2 is 0.866 bits per heavy atom. The zero-order chi connectivity index (χ0) is 88.3. The number of nitrogens with one attached hydrogen (secondary N) is 14. The highest BCUT2D eigenvalue weighted by Gasteiger charge is 2.40. The molecular formula is C78H110F2N18O21. The van der Waals surface area contributed by atoms with E-state index in [1.165, 1.54) is 61.1 Å². The number of aromatic nitrogens is 2. The monoisotopic (exact) mass is 1670 g/mol. The number of imidazole rings is 1. The number of carboxylic acids is 1. The Kier molecular flexibility index (Phi) is 39.8. The first-order valence-electron chi connectivity index (χ1n) is 38.9. The van der Waals surface area contributed by atoms with Crippen LogP contribution in [0.25, 0.3) is 0 Å². The fraction of sp³-hybridized carbons (Fsp3) is 0.526. The van der Waals surface area contributed by atoms with Crippen molar-refractivity contribution in [3.63, 3.8) is 0 Å². The van der Waals surface area contributed by atoms with Crippen molar-refractivity contribution in [2.45, 2.75) is 235 Å². The van der Waals surface area contributed by atoms with Crippen molar-refractivity contribution in [3.8, 4) is 5.75 Å². The van der Waals surface area contributed by atoms with Crippen LogP contribution >= 0.6 is 0 Å². The molecule has 5 rings (SSSR count). The largest absolute Gasteiger partial charge is 0.508 e. The summed E-state index contributed by atoms with van der Waals surface area (Å²) in [5, 5.41) is 83.7. The number of H-pyrrole nitrogens is 1. The molecule has 1 saturated carbocycles. The molecule has 1 aliphatic rings. The molecule has 39 nitrogen and oxygen atoms in total. The average molecular weight is 1670 g/mol. The maximum atomic E-state index is 15.1. The number of amides is 15. The number of aliphatic hydroxyl groups is 3. The van der Waals surface area contributed by atoms with Gasteiger partial charge in [-0.15, -0.1) is 0 Å². The van der Waals surface area contributed by atoms with Gasteiger partial charge in [0.15, 0.2) is 0 Å². The van der Waals surface area contributed by atoms with Crippen molar-refractivity contribution < 1.29 is 111 Å². The lowest BCUT2D eigenvalue weighted by Gasteiger charge is -2.32. The number of aromatic hydroxyl groups is 1. The predicted octanol–water partition coefficient (Wildman–Crippen LogP) is -4.26. The van der Waals surface area contributed by atoms with Crippen LogP contribution in [0.15, 0.2) is 85.3 Å². The van der Waals surface area contributed by atoms with E-state index < -0.39 is 255 Å². The molecule has 0 spiro atoms. The summed E-state index contributed by atoms with van der Waals surface area (Å²) in [6.45, 7) is 7.38. The number of aromatic amines is 1. The van der Waals surface area contributed by atoms with Crippen LogP contribution in [0.4, 0.5) is 8.78 Å². The predicted molar refractivity (Wildman–Crippen MR) is 420 cm³/mol. The van der Waals surface area contributed by atoms with Crippen molar-refractivity contribution in [1.29, 1.82) is 0 Å². The molecule has 0 unspecified atom stereocenters. The van der Waals surface area contributed by atoms with Gasteiger partial charge in [0.25, 0.3) is 0 Å². The number of aliphatic hydroxyl groups excluding tert-OH is 3. The van der Waals surface area contributed by atoms with Gasteiger partial charge in [-0.05, 0) is 137 Å². The number of unbranched alkanes of at least 4 members (excludes halogenated alkanes) is 1. The van der Waals surface area contributed by atoms with Gasteiger partial charge in [0.2, 0.25) is 88.6 Å². The number of halogens is 2. The first kappa shape index (κ1) is 97.5. The van der Waals surface area contributed by atoms with Gasteiger partial charge in [0.05, 0.1) is 30.8 Å². The third-order valence-electron chi connectivity index (χ3n) is 19.3. The molecule has 0 aliphatic heterocycles. The fourth-order valence-corrected chi connectivity index (χ4v) is 12.5. The normalized spacial score (nSPS) is 15.7. The summed E-state index contributed by atoms with van der Waals surface area (Å²) in [4.78, 5) is 228. The lowest BCUT2D eigenvalue weighted by molar-refractivity contribution is -0.139. The van der Waals surface area contributed by atoms with E-state index in [9.17, 15) is 101 Å². The van der Waals surface area contributed by atoms with Crippen LogP contribution in [0.1, 0.15) is 141 Å². The van der Waals surface area contributed by atoms with Crippen molar-refractivity contribution >= 4 is 94.6 Å². The molecule has 25 N–H and O–H groups in total. The highest BCUT2D eigenvalue weighted by atomic mass is 19.1. The maximum Gasteiger partial charge on any atom is 0.303 e.